The molecular weight excluding hydrogens is 462 g/mol. The molecule has 10 nitrogen and oxygen atoms in total. The average Bonchev–Trinajstić information content (AvgIpc) is 2.79. The Morgan fingerprint density at radius 2 is 1.85 bits per heavy atom. The highest BCUT2D eigenvalue weighted by Crippen LogP contribution is 2.31. The SMILES string of the molecule is Cc1c(OCC(=O)Nc2cc(S(=O)(=O)N3CCCCC3)ccc2OC(C)C)cccc1[N+](=O)[O-]. The topological polar surface area (TPSA) is 128 Å². The summed E-state index contributed by atoms with van der Waals surface area (Å²) in [5, 5.41) is 13.8. The van der Waals surface area contributed by atoms with Crippen LogP contribution in [-0.2, 0) is 14.8 Å². The molecule has 1 aliphatic heterocycles. The van der Waals surface area contributed by atoms with E-state index in [4.69, 9.17) is 9.47 Å². The van der Waals surface area contributed by atoms with Crippen LogP contribution in [-0.4, -0.2) is 49.4 Å². The Kier molecular flexibility index (Phi) is 8.11. The summed E-state index contributed by atoms with van der Waals surface area (Å²) in [5.41, 5.74) is 0.399. The van der Waals surface area contributed by atoms with Gasteiger partial charge in [-0.25, -0.2) is 8.42 Å². The van der Waals surface area contributed by atoms with E-state index in [1.807, 2.05) is 13.8 Å². The lowest BCUT2D eigenvalue weighted by Gasteiger charge is -2.26. The van der Waals surface area contributed by atoms with Crippen LogP contribution in [0.3, 0.4) is 0 Å². The zero-order chi connectivity index (χ0) is 24.9. The molecule has 0 bridgehead atoms. The summed E-state index contributed by atoms with van der Waals surface area (Å²) in [7, 11) is -3.71. The second kappa shape index (κ2) is 10.8. The lowest BCUT2D eigenvalue weighted by molar-refractivity contribution is -0.385. The maximum Gasteiger partial charge on any atom is 0.276 e. The average molecular weight is 492 g/mol. The van der Waals surface area contributed by atoms with E-state index in [1.54, 1.807) is 0 Å². The van der Waals surface area contributed by atoms with Gasteiger partial charge >= 0.3 is 0 Å². The number of piperidine rings is 1. The van der Waals surface area contributed by atoms with Crippen molar-refractivity contribution in [1.82, 2.24) is 4.31 Å². The fourth-order valence-corrected chi connectivity index (χ4v) is 5.21. The predicted octanol–water partition coefficient (Wildman–Crippen LogP) is 3.88. The molecule has 1 aliphatic rings. The number of ether oxygens (including phenoxy) is 2. The van der Waals surface area contributed by atoms with Crippen molar-refractivity contribution in [2.75, 3.05) is 25.0 Å². The highest BCUT2D eigenvalue weighted by Gasteiger charge is 2.27. The molecule has 1 heterocycles. The van der Waals surface area contributed by atoms with E-state index in [1.165, 1.54) is 47.6 Å². The molecule has 11 heteroatoms. The number of amides is 1. The third-order valence-electron chi connectivity index (χ3n) is 5.35. The minimum absolute atomic E-state index is 0.0660. The number of nitrogens with zero attached hydrogens (tertiary/aromatic N) is 2. The summed E-state index contributed by atoms with van der Waals surface area (Å²) in [4.78, 5) is 23.3. The number of hydrogen-bond donors (Lipinski definition) is 1. The van der Waals surface area contributed by atoms with Gasteiger partial charge in [-0.3, -0.25) is 14.9 Å². The first kappa shape index (κ1) is 25.4. The fraction of sp³-hybridized carbons (Fsp3) is 0.435. The number of sulfonamides is 1. The molecular formula is C23H29N3O7S. The lowest BCUT2D eigenvalue weighted by Crippen LogP contribution is -2.35. The van der Waals surface area contributed by atoms with Crippen LogP contribution in [0.4, 0.5) is 11.4 Å². The van der Waals surface area contributed by atoms with E-state index in [-0.39, 0.29) is 28.1 Å². The maximum atomic E-state index is 13.1. The standard InChI is InChI=1S/C23H29N3O7S/c1-16(2)33-22-11-10-18(34(30,31)25-12-5-4-6-13-25)14-19(22)24-23(27)15-32-21-9-7-8-20(17(21)3)26(28)29/h7-11,14,16H,4-6,12-13,15H2,1-3H3,(H,24,27). The van der Waals surface area contributed by atoms with E-state index in [0.717, 1.165) is 19.3 Å². The van der Waals surface area contributed by atoms with E-state index >= 15 is 0 Å². The molecule has 0 aromatic heterocycles. The second-order valence-corrected chi connectivity index (χ2v) is 10.2. The third kappa shape index (κ3) is 6.03. The molecule has 1 amide bonds. The van der Waals surface area contributed by atoms with Gasteiger partial charge in [0.2, 0.25) is 10.0 Å². The highest BCUT2D eigenvalue weighted by molar-refractivity contribution is 7.89. The molecule has 3 rings (SSSR count). The largest absolute Gasteiger partial charge is 0.489 e. The van der Waals surface area contributed by atoms with Crippen molar-refractivity contribution in [2.24, 2.45) is 0 Å². The van der Waals surface area contributed by atoms with Gasteiger partial charge < -0.3 is 14.8 Å². The van der Waals surface area contributed by atoms with Gasteiger partial charge in [0, 0.05) is 19.2 Å². The minimum atomic E-state index is -3.71. The molecule has 34 heavy (non-hydrogen) atoms. The van der Waals surface area contributed by atoms with Crippen molar-refractivity contribution in [2.45, 2.75) is 51.0 Å². The monoisotopic (exact) mass is 491 g/mol. The van der Waals surface area contributed by atoms with Crippen molar-refractivity contribution in [3.63, 3.8) is 0 Å². The van der Waals surface area contributed by atoms with Crippen LogP contribution in [0.25, 0.3) is 0 Å². The molecule has 0 saturated carbocycles. The van der Waals surface area contributed by atoms with E-state index in [9.17, 15) is 23.3 Å². The number of rotatable bonds is 9. The molecule has 0 radical (unpaired) electrons. The highest BCUT2D eigenvalue weighted by atomic mass is 32.2. The van der Waals surface area contributed by atoms with Crippen LogP contribution in [0.2, 0.25) is 0 Å². The van der Waals surface area contributed by atoms with Gasteiger partial charge in [0.1, 0.15) is 11.5 Å². The van der Waals surface area contributed by atoms with E-state index in [0.29, 0.717) is 24.4 Å². The summed E-state index contributed by atoms with van der Waals surface area (Å²) in [6.45, 7) is 5.67. The number of anilines is 1. The molecule has 184 valence electrons. The number of nitro benzene ring substituents is 1. The van der Waals surface area contributed by atoms with Gasteiger partial charge in [0.05, 0.1) is 27.2 Å². The van der Waals surface area contributed by atoms with E-state index in [2.05, 4.69) is 5.32 Å². The van der Waals surface area contributed by atoms with Crippen LogP contribution >= 0.6 is 0 Å². The summed E-state index contributed by atoms with van der Waals surface area (Å²) >= 11 is 0. The van der Waals surface area contributed by atoms with Crippen LogP contribution in [0.1, 0.15) is 38.7 Å². The Hall–Kier alpha value is -3.18. The molecule has 0 spiro atoms. The van der Waals surface area contributed by atoms with Crippen molar-refractivity contribution in [1.29, 1.82) is 0 Å². The number of hydrogen-bond acceptors (Lipinski definition) is 7. The summed E-state index contributed by atoms with van der Waals surface area (Å²) in [5.74, 6) is -0.0241. The minimum Gasteiger partial charge on any atom is -0.489 e. The van der Waals surface area contributed by atoms with Crippen LogP contribution in [0.5, 0.6) is 11.5 Å². The molecule has 0 unspecified atom stereocenters. The van der Waals surface area contributed by atoms with Crippen LogP contribution < -0.4 is 14.8 Å². The van der Waals surface area contributed by atoms with Crippen molar-refractivity contribution in [3.05, 3.63) is 52.1 Å². The molecule has 0 atom stereocenters. The summed E-state index contributed by atoms with van der Waals surface area (Å²) in [6, 6.07) is 8.75. The van der Waals surface area contributed by atoms with Crippen molar-refractivity contribution < 1.29 is 27.6 Å². The van der Waals surface area contributed by atoms with Crippen molar-refractivity contribution in [3.8, 4) is 11.5 Å². The molecule has 2 aromatic carbocycles. The number of carbonyl (C=O) groups is 1. The van der Waals surface area contributed by atoms with Crippen LogP contribution in [0, 0.1) is 17.0 Å². The third-order valence-corrected chi connectivity index (χ3v) is 7.25. The Labute approximate surface area is 199 Å². The first-order chi connectivity index (χ1) is 16.1. The number of benzene rings is 2. The lowest BCUT2D eigenvalue weighted by atomic mass is 10.2. The molecule has 0 aliphatic carbocycles. The zero-order valence-electron chi connectivity index (χ0n) is 19.4. The van der Waals surface area contributed by atoms with Gasteiger partial charge in [-0.1, -0.05) is 12.5 Å². The Morgan fingerprint density at radius 3 is 2.50 bits per heavy atom. The summed E-state index contributed by atoms with van der Waals surface area (Å²) < 4.78 is 38.9. The Balaban J connectivity index is 1.80. The number of nitrogens with one attached hydrogen (secondary N) is 1. The summed E-state index contributed by atoms with van der Waals surface area (Å²) in [6.07, 6.45) is 2.42. The maximum absolute atomic E-state index is 13.1. The zero-order valence-corrected chi connectivity index (χ0v) is 20.3. The number of carbonyl (C=O) groups excluding carboxylic acids is 1. The van der Waals surface area contributed by atoms with Gasteiger partial charge in [-0.15, -0.1) is 0 Å². The van der Waals surface area contributed by atoms with Gasteiger partial charge in [0.15, 0.2) is 6.61 Å². The Bertz CT molecular complexity index is 1160. The van der Waals surface area contributed by atoms with E-state index < -0.39 is 27.5 Å². The first-order valence-electron chi connectivity index (χ1n) is 11.1. The van der Waals surface area contributed by atoms with Gasteiger partial charge in [-0.2, -0.15) is 4.31 Å². The van der Waals surface area contributed by atoms with Crippen molar-refractivity contribution >= 4 is 27.3 Å². The van der Waals surface area contributed by atoms with Gasteiger partial charge in [0.25, 0.3) is 11.6 Å². The quantitative estimate of drug-likeness (QED) is 0.416. The molecule has 1 fully saturated rings. The molecule has 2 aromatic rings. The number of nitro groups is 1. The first-order valence-corrected chi connectivity index (χ1v) is 12.5. The fourth-order valence-electron chi connectivity index (χ4n) is 3.66. The smallest absolute Gasteiger partial charge is 0.276 e. The van der Waals surface area contributed by atoms with Crippen LogP contribution in [0.15, 0.2) is 41.3 Å². The molecule has 1 N–H and O–H groups in total. The Morgan fingerprint density at radius 1 is 1.15 bits per heavy atom. The normalized spacial score (nSPS) is 14.6. The van der Waals surface area contributed by atoms with Gasteiger partial charge in [-0.05, 0) is 57.9 Å². The predicted molar refractivity (Wildman–Crippen MR) is 127 cm³/mol. The second-order valence-electron chi connectivity index (χ2n) is 8.28. The molecule has 1 saturated heterocycles.